The van der Waals surface area contributed by atoms with Crippen LogP contribution in [0.2, 0.25) is 0 Å². The Morgan fingerprint density at radius 1 is 1.56 bits per heavy atom. The molecule has 1 aliphatic rings. The second kappa shape index (κ2) is 4.63. The van der Waals surface area contributed by atoms with Gasteiger partial charge in [0.1, 0.15) is 0 Å². The molecule has 88 valence electrons. The molecule has 2 N–H and O–H groups in total. The minimum atomic E-state index is 0.242. The predicted octanol–water partition coefficient (Wildman–Crippen LogP) is 2.90. The first kappa shape index (κ1) is 11.7. The number of halogens is 1. The molecule has 1 unspecified atom stereocenters. The van der Waals surface area contributed by atoms with Gasteiger partial charge in [0, 0.05) is 16.1 Å². The second-order valence-electron chi connectivity index (χ2n) is 4.10. The van der Waals surface area contributed by atoms with Gasteiger partial charge in [-0.2, -0.15) is 0 Å². The third-order valence-corrected chi connectivity index (χ3v) is 3.96. The van der Waals surface area contributed by atoms with Crippen LogP contribution in [0.3, 0.4) is 0 Å². The molecule has 0 aromatic heterocycles. The summed E-state index contributed by atoms with van der Waals surface area (Å²) in [4.78, 5) is 0. The molecule has 1 aromatic carbocycles. The summed E-state index contributed by atoms with van der Waals surface area (Å²) in [7, 11) is 1.57. The zero-order valence-corrected chi connectivity index (χ0v) is 11.1. The van der Waals surface area contributed by atoms with Gasteiger partial charge >= 0.3 is 0 Å². The summed E-state index contributed by atoms with van der Waals surface area (Å²) in [6, 6.07) is 2.05. The number of hydrogen-bond donors (Lipinski definition) is 2. The Morgan fingerprint density at radius 2 is 2.31 bits per heavy atom. The number of phenols is 1. The van der Waals surface area contributed by atoms with Crippen molar-refractivity contribution in [3.8, 4) is 11.5 Å². The highest BCUT2D eigenvalue weighted by atomic mass is 79.9. The lowest BCUT2D eigenvalue weighted by Gasteiger charge is -2.19. The Morgan fingerprint density at radius 3 is 2.88 bits per heavy atom. The van der Waals surface area contributed by atoms with E-state index < -0.39 is 0 Å². The molecule has 0 spiro atoms. The average Bonchev–Trinajstić information content (AvgIpc) is 2.77. The monoisotopic (exact) mass is 285 g/mol. The second-order valence-corrected chi connectivity index (χ2v) is 4.95. The fourth-order valence-corrected chi connectivity index (χ4v) is 2.67. The highest BCUT2D eigenvalue weighted by Gasteiger charge is 2.24. The number of phenolic OH excluding ortho intramolecular Hbond substituents is 1. The molecule has 3 nitrogen and oxygen atoms in total. The first-order chi connectivity index (χ1) is 7.65. The quantitative estimate of drug-likeness (QED) is 0.878. The van der Waals surface area contributed by atoms with E-state index in [1.165, 1.54) is 0 Å². The number of aromatic hydroxyl groups is 1. The van der Waals surface area contributed by atoms with Crippen LogP contribution in [0.5, 0.6) is 11.5 Å². The lowest BCUT2D eigenvalue weighted by molar-refractivity contribution is 0.366. The van der Waals surface area contributed by atoms with E-state index in [-0.39, 0.29) is 11.8 Å². The van der Waals surface area contributed by atoms with Gasteiger partial charge < -0.3 is 15.2 Å². The van der Waals surface area contributed by atoms with E-state index in [9.17, 15) is 5.11 Å². The summed E-state index contributed by atoms with van der Waals surface area (Å²) in [5.74, 6) is 0.795. The molecule has 4 heteroatoms. The molecule has 1 atom stereocenters. The van der Waals surface area contributed by atoms with Gasteiger partial charge in [0.2, 0.25) is 0 Å². The van der Waals surface area contributed by atoms with Crippen LogP contribution < -0.4 is 10.1 Å². The number of hydrogen-bond acceptors (Lipinski definition) is 3. The minimum absolute atomic E-state index is 0.242. The third-order valence-electron chi connectivity index (χ3n) is 3.14. The topological polar surface area (TPSA) is 41.5 Å². The van der Waals surface area contributed by atoms with Crippen LogP contribution in [0, 0.1) is 6.92 Å². The standard InChI is InChI=1S/C12H16BrNO2/c1-7-8(13)6-10(16-2)12(15)11(7)9-4-3-5-14-9/h6,9,14-15H,3-5H2,1-2H3. The van der Waals surface area contributed by atoms with Crippen LogP contribution in [0.15, 0.2) is 10.5 Å². The van der Waals surface area contributed by atoms with E-state index in [1.807, 2.05) is 13.0 Å². The number of benzene rings is 1. The van der Waals surface area contributed by atoms with Crippen LogP contribution >= 0.6 is 15.9 Å². The van der Waals surface area contributed by atoms with Crippen molar-refractivity contribution >= 4 is 15.9 Å². The first-order valence-electron chi connectivity index (χ1n) is 5.44. The van der Waals surface area contributed by atoms with Crippen molar-refractivity contribution in [3.63, 3.8) is 0 Å². The van der Waals surface area contributed by atoms with Crippen LogP contribution in [0.25, 0.3) is 0 Å². The number of rotatable bonds is 2. The van der Waals surface area contributed by atoms with Crippen molar-refractivity contribution in [1.82, 2.24) is 5.32 Å². The van der Waals surface area contributed by atoms with Gasteiger partial charge in [0.15, 0.2) is 11.5 Å². The Labute approximate surface area is 104 Å². The lowest BCUT2D eigenvalue weighted by Crippen LogP contribution is -2.14. The van der Waals surface area contributed by atoms with E-state index in [0.717, 1.165) is 35.0 Å². The largest absolute Gasteiger partial charge is 0.504 e. The molecular formula is C12H16BrNO2. The molecule has 1 aliphatic heterocycles. The minimum Gasteiger partial charge on any atom is -0.504 e. The fourth-order valence-electron chi connectivity index (χ4n) is 2.24. The molecule has 0 amide bonds. The normalized spacial score (nSPS) is 20.1. The SMILES string of the molecule is COc1cc(Br)c(C)c(C2CCCN2)c1O. The summed E-state index contributed by atoms with van der Waals surface area (Å²) >= 11 is 3.50. The zero-order valence-electron chi connectivity index (χ0n) is 9.51. The molecule has 1 aromatic rings. The summed E-state index contributed by atoms with van der Waals surface area (Å²) in [5, 5.41) is 13.6. The van der Waals surface area contributed by atoms with Crippen molar-refractivity contribution in [2.24, 2.45) is 0 Å². The Kier molecular flexibility index (Phi) is 3.40. The van der Waals surface area contributed by atoms with Crippen molar-refractivity contribution < 1.29 is 9.84 Å². The summed E-state index contributed by atoms with van der Waals surface area (Å²) in [6.07, 6.45) is 2.21. The van der Waals surface area contributed by atoms with Gasteiger partial charge in [-0.1, -0.05) is 15.9 Å². The van der Waals surface area contributed by atoms with E-state index >= 15 is 0 Å². The van der Waals surface area contributed by atoms with Crippen LogP contribution in [0.4, 0.5) is 0 Å². The van der Waals surface area contributed by atoms with E-state index in [0.29, 0.717) is 5.75 Å². The smallest absolute Gasteiger partial charge is 0.162 e. The highest BCUT2D eigenvalue weighted by molar-refractivity contribution is 9.10. The zero-order chi connectivity index (χ0) is 11.7. The molecule has 16 heavy (non-hydrogen) atoms. The van der Waals surface area contributed by atoms with Gasteiger partial charge in [-0.05, 0) is 37.9 Å². The molecule has 0 saturated carbocycles. The molecule has 0 bridgehead atoms. The molecule has 1 fully saturated rings. The van der Waals surface area contributed by atoms with Crippen molar-refractivity contribution in [2.45, 2.75) is 25.8 Å². The van der Waals surface area contributed by atoms with Gasteiger partial charge in [-0.3, -0.25) is 0 Å². The van der Waals surface area contributed by atoms with Crippen molar-refractivity contribution in [1.29, 1.82) is 0 Å². The van der Waals surface area contributed by atoms with Crippen LogP contribution in [-0.2, 0) is 0 Å². The number of ether oxygens (including phenoxy) is 1. The third kappa shape index (κ3) is 1.92. The molecule has 2 rings (SSSR count). The number of nitrogens with one attached hydrogen (secondary N) is 1. The van der Waals surface area contributed by atoms with E-state index in [4.69, 9.17) is 4.74 Å². The fraction of sp³-hybridized carbons (Fsp3) is 0.500. The van der Waals surface area contributed by atoms with Gasteiger partial charge in [-0.15, -0.1) is 0 Å². The molecule has 0 aliphatic carbocycles. The molecule has 1 heterocycles. The summed E-state index contributed by atoms with van der Waals surface area (Å²) < 4.78 is 6.15. The maximum atomic E-state index is 10.2. The Balaban J connectivity index is 2.52. The molecule has 1 saturated heterocycles. The van der Waals surface area contributed by atoms with E-state index in [2.05, 4.69) is 21.2 Å². The van der Waals surface area contributed by atoms with Crippen molar-refractivity contribution in [2.75, 3.05) is 13.7 Å². The first-order valence-corrected chi connectivity index (χ1v) is 6.23. The van der Waals surface area contributed by atoms with Crippen molar-refractivity contribution in [3.05, 3.63) is 21.7 Å². The van der Waals surface area contributed by atoms with E-state index in [1.54, 1.807) is 7.11 Å². The molecule has 0 radical (unpaired) electrons. The van der Waals surface area contributed by atoms with Gasteiger partial charge in [0.05, 0.1) is 7.11 Å². The lowest BCUT2D eigenvalue weighted by atomic mass is 9.98. The summed E-state index contributed by atoms with van der Waals surface area (Å²) in [5.41, 5.74) is 2.04. The maximum Gasteiger partial charge on any atom is 0.162 e. The highest BCUT2D eigenvalue weighted by Crippen LogP contribution is 2.42. The van der Waals surface area contributed by atoms with Crippen LogP contribution in [0.1, 0.15) is 30.0 Å². The average molecular weight is 286 g/mol. The van der Waals surface area contributed by atoms with Gasteiger partial charge in [0.25, 0.3) is 0 Å². The van der Waals surface area contributed by atoms with Crippen LogP contribution in [-0.4, -0.2) is 18.8 Å². The molecular weight excluding hydrogens is 270 g/mol. The Bertz CT molecular complexity index is 400. The number of methoxy groups -OCH3 is 1. The Hall–Kier alpha value is -0.740. The van der Waals surface area contributed by atoms with Gasteiger partial charge in [-0.25, -0.2) is 0 Å². The predicted molar refractivity (Wildman–Crippen MR) is 67.1 cm³/mol. The maximum absolute atomic E-state index is 10.2. The summed E-state index contributed by atoms with van der Waals surface area (Å²) in [6.45, 7) is 3.02.